The van der Waals surface area contributed by atoms with E-state index in [2.05, 4.69) is 20.0 Å². The van der Waals surface area contributed by atoms with E-state index in [0.717, 1.165) is 22.8 Å². The normalized spacial score (nSPS) is 8.86. The van der Waals surface area contributed by atoms with Gasteiger partial charge in [0.1, 0.15) is 0 Å². The number of rotatable bonds is 4. The molecule has 0 aliphatic heterocycles. The van der Waals surface area contributed by atoms with Gasteiger partial charge >= 0.3 is 0 Å². The zero-order valence-corrected chi connectivity index (χ0v) is 19.3. The second kappa shape index (κ2) is 19.4. The van der Waals surface area contributed by atoms with Crippen molar-refractivity contribution in [2.75, 3.05) is 0 Å². The summed E-state index contributed by atoms with van der Waals surface area (Å²) < 4.78 is 0. The zero-order chi connectivity index (χ0) is 15.0. The van der Waals surface area contributed by atoms with E-state index in [1.54, 1.807) is 24.8 Å². The molecule has 3 aromatic rings. The second-order valence-corrected chi connectivity index (χ2v) is 4.54. The van der Waals surface area contributed by atoms with Gasteiger partial charge in [-0.1, -0.05) is 12.1 Å². The average Bonchev–Trinajstić information content (AvgIpc) is 2.61. The molecule has 1 aromatic carbocycles. The summed E-state index contributed by atoms with van der Waals surface area (Å²) in [5.41, 5.74) is 3.39. The van der Waals surface area contributed by atoms with Crippen LogP contribution in [0.25, 0.3) is 0 Å². The van der Waals surface area contributed by atoms with Crippen molar-refractivity contribution in [2.45, 2.75) is 0 Å². The molecule has 2 heterocycles. The minimum absolute atomic E-state index is 0. The van der Waals surface area contributed by atoms with Crippen LogP contribution in [0.1, 0.15) is 11.4 Å². The Balaban J connectivity index is -0.000000480. The average molecular weight is 559 g/mol. The van der Waals surface area contributed by atoms with Gasteiger partial charge in [0.2, 0.25) is 0 Å². The van der Waals surface area contributed by atoms with Crippen LogP contribution < -0.4 is 0 Å². The first-order valence-corrected chi connectivity index (χ1v) is 6.90. The third-order valence-corrected chi connectivity index (χ3v) is 2.92. The number of nitrogens with zero attached hydrogens (tertiary/aromatic N) is 4. The molecular formula is C18H18Cl4Cu2N4. The van der Waals surface area contributed by atoms with Crippen molar-refractivity contribution in [3.05, 3.63) is 84.4 Å². The first kappa shape index (κ1) is 34.6. The predicted octanol–water partition coefficient (Wildman–Crippen LogP) is 5.66. The van der Waals surface area contributed by atoms with Crippen molar-refractivity contribution in [1.29, 1.82) is 0 Å². The van der Waals surface area contributed by atoms with Gasteiger partial charge in [-0.05, 0) is 48.5 Å². The van der Waals surface area contributed by atoms with E-state index in [1.807, 2.05) is 60.7 Å². The molecule has 10 heteroatoms. The van der Waals surface area contributed by atoms with Crippen LogP contribution in [-0.2, 0) is 34.1 Å². The number of hydrogen-bond acceptors (Lipinski definition) is 4. The van der Waals surface area contributed by atoms with E-state index in [-0.39, 0.29) is 83.8 Å². The van der Waals surface area contributed by atoms with Gasteiger partial charge in [0.05, 0.1) is 35.2 Å². The smallest absolute Gasteiger partial charge is 0.0812 e. The summed E-state index contributed by atoms with van der Waals surface area (Å²) in [4.78, 5) is 17.2. The minimum Gasteiger partial charge on any atom is -0.255 e. The van der Waals surface area contributed by atoms with Gasteiger partial charge < -0.3 is 0 Å². The zero-order valence-electron chi connectivity index (χ0n) is 14.1. The third kappa shape index (κ3) is 11.8. The summed E-state index contributed by atoms with van der Waals surface area (Å²) in [7, 11) is 0. The van der Waals surface area contributed by atoms with Crippen LogP contribution in [0.4, 0.5) is 11.4 Å². The quantitative estimate of drug-likeness (QED) is 0.306. The summed E-state index contributed by atoms with van der Waals surface area (Å²) in [6, 6.07) is 19.1. The van der Waals surface area contributed by atoms with Crippen molar-refractivity contribution in [2.24, 2.45) is 9.98 Å². The Morgan fingerprint density at radius 1 is 0.536 bits per heavy atom. The number of aliphatic imine (C=N–C) groups is 2. The van der Waals surface area contributed by atoms with Crippen LogP contribution in [0.5, 0.6) is 0 Å². The molecule has 3 rings (SSSR count). The molecule has 0 amide bonds. The fourth-order valence-electron chi connectivity index (χ4n) is 1.81. The molecule has 0 aliphatic rings. The van der Waals surface area contributed by atoms with E-state index >= 15 is 0 Å². The van der Waals surface area contributed by atoms with Gasteiger partial charge in [0, 0.05) is 46.5 Å². The summed E-state index contributed by atoms with van der Waals surface area (Å²) in [5, 5.41) is 0. The van der Waals surface area contributed by atoms with Gasteiger partial charge in [-0.2, -0.15) is 0 Å². The molecule has 4 nitrogen and oxygen atoms in total. The van der Waals surface area contributed by atoms with E-state index in [1.165, 1.54) is 0 Å². The number of aromatic nitrogens is 2. The molecule has 0 atom stereocenters. The van der Waals surface area contributed by atoms with Gasteiger partial charge in [-0.3, -0.25) is 20.0 Å². The van der Waals surface area contributed by atoms with Crippen LogP contribution in [0.3, 0.4) is 0 Å². The number of halogens is 4. The maximum absolute atomic E-state index is 4.38. The molecule has 0 fully saturated rings. The number of benzene rings is 1. The standard InChI is InChI=1S/C18H14N4.4ClH.2Cu/c1-3-11-19-17(5-1)13-21-15-7-9-16(10-8-15)22-14-18-6-2-4-12-20-18;;;;;;/h1-14H;4*1H;;. The Morgan fingerprint density at radius 3 is 1.18 bits per heavy atom. The summed E-state index contributed by atoms with van der Waals surface area (Å²) >= 11 is 0. The van der Waals surface area contributed by atoms with Crippen molar-refractivity contribution in [3.63, 3.8) is 0 Å². The Morgan fingerprint density at radius 2 is 0.893 bits per heavy atom. The Hall–Kier alpha value is -0.941. The molecule has 0 aliphatic carbocycles. The topological polar surface area (TPSA) is 50.5 Å². The number of pyridine rings is 2. The van der Waals surface area contributed by atoms with Crippen molar-refractivity contribution < 1.29 is 34.1 Å². The SMILES string of the molecule is C(=Nc1ccc(N=Cc2ccccn2)cc1)c1ccccn1.Cl.Cl.Cl.Cl.[Cu].[Cu]. The van der Waals surface area contributed by atoms with E-state index in [9.17, 15) is 0 Å². The molecular weight excluding hydrogens is 541 g/mol. The predicted molar refractivity (Wildman–Crippen MR) is 118 cm³/mol. The summed E-state index contributed by atoms with van der Waals surface area (Å²) in [6.45, 7) is 0. The minimum atomic E-state index is 0. The molecule has 0 unspecified atom stereocenters. The molecule has 2 aromatic heterocycles. The van der Waals surface area contributed by atoms with Crippen LogP contribution in [-0.4, -0.2) is 22.4 Å². The maximum Gasteiger partial charge on any atom is 0.0812 e. The Bertz CT molecular complexity index is 721. The van der Waals surface area contributed by atoms with Crippen molar-refractivity contribution >= 4 is 73.4 Å². The molecule has 160 valence electrons. The van der Waals surface area contributed by atoms with E-state index in [0.29, 0.717) is 0 Å². The first-order valence-electron chi connectivity index (χ1n) is 6.90. The van der Waals surface area contributed by atoms with Crippen molar-refractivity contribution in [3.8, 4) is 0 Å². The Labute approximate surface area is 210 Å². The fraction of sp³-hybridized carbons (Fsp3) is 0. The fourth-order valence-corrected chi connectivity index (χ4v) is 1.81. The Kier molecular flexibility index (Phi) is 23.9. The summed E-state index contributed by atoms with van der Waals surface area (Å²) in [6.07, 6.45) is 6.98. The van der Waals surface area contributed by atoms with E-state index in [4.69, 9.17) is 0 Å². The maximum atomic E-state index is 4.38. The molecule has 0 saturated heterocycles. The number of hydrogen-bond donors (Lipinski definition) is 0. The van der Waals surface area contributed by atoms with Crippen molar-refractivity contribution in [1.82, 2.24) is 9.97 Å². The van der Waals surface area contributed by atoms with Crippen LogP contribution >= 0.6 is 49.6 Å². The van der Waals surface area contributed by atoms with E-state index < -0.39 is 0 Å². The van der Waals surface area contributed by atoms with Crippen LogP contribution in [0.15, 0.2) is 83.0 Å². The van der Waals surface area contributed by atoms with Crippen LogP contribution in [0.2, 0.25) is 0 Å². The monoisotopic (exact) mass is 556 g/mol. The second-order valence-electron chi connectivity index (χ2n) is 4.54. The van der Waals surface area contributed by atoms with Gasteiger partial charge in [-0.25, -0.2) is 0 Å². The largest absolute Gasteiger partial charge is 0.255 e. The molecule has 2 radical (unpaired) electrons. The third-order valence-electron chi connectivity index (χ3n) is 2.92. The summed E-state index contributed by atoms with van der Waals surface area (Å²) in [5.74, 6) is 0. The first-order chi connectivity index (χ1) is 10.9. The molecule has 0 spiro atoms. The van der Waals surface area contributed by atoms with Gasteiger partial charge in [-0.15, -0.1) is 49.6 Å². The van der Waals surface area contributed by atoms with Gasteiger partial charge in [0.15, 0.2) is 0 Å². The molecule has 0 N–H and O–H groups in total. The molecule has 0 bridgehead atoms. The van der Waals surface area contributed by atoms with Crippen LogP contribution in [0, 0.1) is 0 Å². The van der Waals surface area contributed by atoms with Gasteiger partial charge in [0.25, 0.3) is 0 Å². The molecule has 0 saturated carbocycles. The molecule has 28 heavy (non-hydrogen) atoms.